The van der Waals surface area contributed by atoms with Gasteiger partial charge in [-0.1, -0.05) is 17.7 Å². The standard InChI is InChI=1S/C12H17ClN2O2S/c1-15(2)12-10(13)4-3-5-11(12)14-9-6-7-18(16,17)8-9/h3-5,9,14H,6-8H2,1-2H3. The fourth-order valence-electron chi connectivity index (χ4n) is 2.22. The molecule has 1 unspecified atom stereocenters. The molecule has 0 amide bonds. The minimum atomic E-state index is -2.87. The van der Waals surface area contributed by atoms with Crippen molar-refractivity contribution in [1.82, 2.24) is 0 Å². The Morgan fingerprint density at radius 1 is 1.39 bits per heavy atom. The lowest BCUT2D eigenvalue weighted by Gasteiger charge is -2.22. The quantitative estimate of drug-likeness (QED) is 0.924. The van der Waals surface area contributed by atoms with E-state index in [9.17, 15) is 8.42 Å². The Balaban J connectivity index is 2.22. The zero-order valence-electron chi connectivity index (χ0n) is 10.5. The predicted molar refractivity (Wildman–Crippen MR) is 76.5 cm³/mol. The average molecular weight is 289 g/mol. The third-order valence-electron chi connectivity index (χ3n) is 3.03. The maximum Gasteiger partial charge on any atom is 0.152 e. The second-order valence-electron chi connectivity index (χ2n) is 4.77. The highest BCUT2D eigenvalue weighted by atomic mass is 35.5. The van der Waals surface area contributed by atoms with Crippen molar-refractivity contribution in [2.75, 3.05) is 35.8 Å². The van der Waals surface area contributed by atoms with Crippen molar-refractivity contribution in [3.8, 4) is 0 Å². The molecule has 0 aliphatic carbocycles. The fourth-order valence-corrected chi connectivity index (χ4v) is 4.23. The van der Waals surface area contributed by atoms with Gasteiger partial charge in [-0.2, -0.15) is 0 Å². The molecule has 0 spiro atoms. The Labute approximate surface area is 113 Å². The van der Waals surface area contributed by atoms with Crippen LogP contribution in [0, 0.1) is 0 Å². The summed E-state index contributed by atoms with van der Waals surface area (Å²) < 4.78 is 22.9. The lowest BCUT2D eigenvalue weighted by atomic mass is 10.2. The molecule has 1 fully saturated rings. The molecule has 0 aromatic heterocycles. The molecule has 1 aliphatic heterocycles. The highest BCUT2D eigenvalue weighted by Gasteiger charge is 2.28. The number of sulfone groups is 1. The van der Waals surface area contributed by atoms with Crippen LogP contribution < -0.4 is 10.2 Å². The number of nitrogens with one attached hydrogen (secondary N) is 1. The molecule has 1 heterocycles. The summed E-state index contributed by atoms with van der Waals surface area (Å²) in [6, 6.07) is 5.59. The molecule has 0 saturated carbocycles. The van der Waals surface area contributed by atoms with Crippen molar-refractivity contribution in [2.24, 2.45) is 0 Å². The molecule has 1 aromatic carbocycles. The van der Waals surface area contributed by atoms with Crippen molar-refractivity contribution in [1.29, 1.82) is 0 Å². The second kappa shape index (κ2) is 4.97. The van der Waals surface area contributed by atoms with Gasteiger partial charge in [0, 0.05) is 20.1 Å². The van der Waals surface area contributed by atoms with E-state index in [-0.39, 0.29) is 17.5 Å². The zero-order valence-corrected chi connectivity index (χ0v) is 12.1. The van der Waals surface area contributed by atoms with Crippen LogP contribution in [0.15, 0.2) is 18.2 Å². The van der Waals surface area contributed by atoms with Crippen molar-refractivity contribution in [3.63, 3.8) is 0 Å². The molecule has 1 aliphatic rings. The van der Waals surface area contributed by atoms with Crippen LogP contribution in [0.25, 0.3) is 0 Å². The lowest BCUT2D eigenvalue weighted by molar-refractivity contribution is 0.602. The molecular formula is C12H17ClN2O2S. The predicted octanol–water partition coefficient (Wildman–Crippen LogP) is 2.00. The van der Waals surface area contributed by atoms with Gasteiger partial charge in [0.05, 0.1) is 27.9 Å². The normalized spacial score (nSPS) is 21.8. The van der Waals surface area contributed by atoms with Crippen LogP contribution in [0.5, 0.6) is 0 Å². The summed E-state index contributed by atoms with van der Waals surface area (Å²) in [5.41, 5.74) is 1.78. The van der Waals surface area contributed by atoms with Crippen LogP contribution in [-0.2, 0) is 9.84 Å². The number of hydrogen-bond acceptors (Lipinski definition) is 4. The SMILES string of the molecule is CN(C)c1c(Cl)cccc1NC1CCS(=O)(=O)C1. The highest BCUT2D eigenvalue weighted by Crippen LogP contribution is 2.33. The van der Waals surface area contributed by atoms with E-state index in [0.717, 1.165) is 11.4 Å². The average Bonchev–Trinajstić information content (AvgIpc) is 2.57. The van der Waals surface area contributed by atoms with Crippen molar-refractivity contribution in [2.45, 2.75) is 12.5 Å². The van der Waals surface area contributed by atoms with E-state index in [1.54, 1.807) is 0 Å². The maximum absolute atomic E-state index is 11.4. The summed E-state index contributed by atoms with van der Waals surface area (Å²) in [6.07, 6.45) is 0.654. The molecule has 1 saturated heterocycles. The van der Waals surface area contributed by atoms with Gasteiger partial charge in [0.25, 0.3) is 0 Å². The van der Waals surface area contributed by atoms with E-state index in [2.05, 4.69) is 5.32 Å². The monoisotopic (exact) mass is 288 g/mol. The van der Waals surface area contributed by atoms with Crippen LogP contribution in [0.1, 0.15) is 6.42 Å². The van der Waals surface area contributed by atoms with E-state index < -0.39 is 9.84 Å². The Morgan fingerprint density at radius 2 is 2.11 bits per heavy atom. The zero-order chi connectivity index (χ0) is 13.3. The maximum atomic E-state index is 11.4. The summed E-state index contributed by atoms with van der Waals surface area (Å²) in [4.78, 5) is 1.92. The number of hydrogen-bond donors (Lipinski definition) is 1. The molecule has 1 atom stereocenters. The van der Waals surface area contributed by atoms with Gasteiger partial charge in [-0.3, -0.25) is 0 Å². The minimum absolute atomic E-state index is 0.0211. The van der Waals surface area contributed by atoms with Gasteiger partial charge in [-0.25, -0.2) is 8.42 Å². The molecule has 18 heavy (non-hydrogen) atoms. The molecular weight excluding hydrogens is 272 g/mol. The van der Waals surface area contributed by atoms with Crippen LogP contribution in [-0.4, -0.2) is 40.1 Å². The minimum Gasteiger partial charge on any atom is -0.380 e. The first-order valence-corrected chi connectivity index (χ1v) is 8.02. The topological polar surface area (TPSA) is 49.4 Å². The number of anilines is 2. The summed E-state index contributed by atoms with van der Waals surface area (Å²) in [7, 11) is 0.961. The number of benzene rings is 1. The summed E-state index contributed by atoms with van der Waals surface area (Å²) >= 11 is 6.17. The Kier molecular flexibility index (Phi) is 3.73. The van der Waals surface area contributed by atoms with Gasteiger partial charge >= 0.3 is 0 Å². The largest absolute Gasteiger partial charge is 0.380 e. The smallest absolute Gasteiger partial charge is 0.152 e. The molecule has 2 rings (SSSR count). The fraction of sp³-hybridized carbons (Fsp3) is 0.500. The lowest BCUT2D eigenvalue weighted by Crippen LogP contribution is -2.22. The van der Waals surface area contributed by atoms with Gasteiger partial charge in [0.2, 0.25) is 0 Å². The summed E-state index contributed by atoms with van der Waals surface area (Å²) in [5, 5.41) is 3.94. The van der Waals surface area contributed by atoms with Crippen molar-refractivity contribution in [3.05, 3.63) is 23.2 Å². The molecule has 0 bridgehead atoms. The van der Waals surface area contributed by atoms with Crippen LogP contribution in [0.2, 0.25) is 5.02 Å². The molecule has 100 valence electrons. The van der Waals surface area contributed by atoms with E-state index in [4.69, 9.17) is 11.6 Å². The first-order chi connectivity index (χ1) is 8.39. The summed E-state index contributed by atoms with van der Waals surface area (Å²) in [5.74, 6) is 0.467. The van der Waals surface area contributed by atoms with E-state index >= 15 is 0 Å². The first-order valence-electron chi connectivity index (χ1n) is 5.82. The molecule has 1 N–H and O–H groups in total. The first kappa shape index (κ1) is 13.5. The third-order valence-corrected chi connectivity index (χ3v) is 5.10. The molecule has 1 aromatic rings. The number of para-hydroxylation sites is 1. The molecule has 0 radical (unpaired) electrons. The third kappa shape index (κ3) is 2.90. The number of rotatable bonds is 3. The van der Waals surface area contributed by atoms with Crippen molar-refractivity contribution >= 4 is 32.8 Å². The number of halogens is 1. The van der Waals surface area contributed by atoms with Gasteiger partial charge in [0.15, 0.2) is 9.84 Å². The van der Waals surface area contributed by atoms with E-state index in [1.165, 1.54) is 0 Å². The Hall–Kier alpha value is -0.940. The van der Waals surface area contributed by atoms with Crippen molar-refractivity contribution < 1.29 is 8.42 Å². The van der Waals surface area contributed by atoms with Crippen LogP contribution in [0.4, 0.5) is 11.4 Å². The molecule has 4 nitrogen and oxygen atoms in total. The van der Waals surface area contributed by atoms with Crippen LogP contribution >= 0.6 is 11.6 Å². The van der Waals surface area contributed by atoms with E-state index in [0.29, 0.717) is 11.4 Å². The van der Waals surface area contributed by atoms with Crippen LogP contribution in [0.3, 0.4) is 0 Å². The highest BCUT2D eigenvalue weighted by molar-refractivity contribution is 7.91. The van der Waals surface area contributed by atoms with Gasteiger partial charge in [-0.15, -0.1) is 0 Å². The summed E-state index contributed by atoms with van der Waals surface area (Å²) in [6.45, 7) is 0. The van der Waals surface area contributed by atoms with Gasteiger partial charge in [-0.05, 0) is 18.6 Å². The molecule has 6 heteroatoms. The van der Waals surface area contributed by atoms with Gasteiger partial charge < -0.3 is 10.2 Å². The Morgan fingerprint density at radius 3 is 2.67 bits per heavy atom. The van der Waals surface area contributed by atoms with Gasteiger partial charge in [0.1, 0.15) is 0 Å². The second-order valence-corrected chi connectivity index (χ2v) is 7.41. The number of nitrogens with zero attached hydrogens (tertiary/aromatic N) is 1. The Bertz CT molecular complexity index is 543. The van der Waals surface area contributed by atoms with E-state index in [1.807, 2.05) is 37.2 Å².